The molecular formula is C22H21FO3. The summed E-state index contributed by atoms with van der Waals surface area (Å²) in [6.07, 6.45) is 5.99. The molecule has 2 aromatic carbocycles. The van der Waals surface area contributed by atoms with E-state index in [1.54, 1.807) is 0 Å². The molecule has 0 saturated carbocycles. The molecule has 3 rings (SSSR count). The average Bonchev–Trinajstić information content (AvgIpc) is 2.60. The molecule has 4 heteroatoms. The summed E-state index contributed by atoms with van der Waals surface area (Å²) < 4.78 is 14.0. The zero-order valence-corrected chi connectivity index (χ0v) is 14.9. The molecule has 3 nitrogen and oxygen atoms in total. The fraction of sp³-hybridized carbons (Fsp3) is 0.273. The third-order valence-corrected chi connectivity index (χ3v) is 5.03. The Labute approximate surface area is 152 Å². The minimum Gasteiger partial charge on any atom is -0.478 e. The highest BCUT2D eigenvalue weighted by Gasteiger charge is 2.27. The molecule has 26 heavy (non-hydrogen) atoms. The van der Waals surface area contributed by atoms with Crippen LogP contribution in [0, 0.1) is 5.82 Å². The number of carbonyl (C=O) groups excluding carboxylic acids is 1. The van der Waals surface area contributed by atoms with Crippen LogP contribution in [0.1, 0.15) is 64.1 Å². The summed E-state index contributed by atoms with van der Waals surface area (Å²) in [4.78, 5) is 23.3. The second-order valence-corrected chi connectivity index (χ2v) is 7.35. The topological polar surface area (TPSA) is 54.4 Å². The van der Waals surface area contributed by atoms with Crippen LogP contribution in [-0.2, 0) is 11.8 Å². The Hall–Kier alpha value is -2.75. The van der Waals surface area contributed by atoms with Gasteiger partial charge in [-0.15, -0.1) is 0 Å². The van der Waals surface area contributed by atoms with Gasteiger partial charge in [-0.25, -0.2) is 9.18 Å². The number of rotatable bonds is 4. The van der Waals surface area contributed by atoms with E-state index in [9.17, 15) is 14.0 Å². The number of benzene rings is 2. The molecular weight excluding hydrogens is 331 g/mol. The van der Waals surface area contributed by atoms with E-state index in [2.05, 4.69) is 13.8 Å². The summed E-state index contributed by atoms with van der Waals surface area (Å²) in [5, 5.41) is 8.87. The van der Waals surface area contributed by atoms with Gasteiger partial charge in [-0.2, -0.15) is 0 Å². The summed E-state index contributed by atoms with van der Waals surface area (Å²) >= 11 is 0. The molecule has 2 aromatic rings. The largest absolute Gasteiger partial charge is 0.478 e. The number of carboxylic acids is 1. The fourth-order valence-electron chi connectivity index (χ4n) is 3.49. The van der Waals surface area contributed by atoms with Crippen molar-refractivity contribution in [2.24, 2.45) is 0 Å². The van der Waals surface area contributed by atoms with E-state index < -0.39 is 11.8 Å². The van der Waals surface area contributed by atoms with Crippen LogP contribution < -0.4 is 0 Å². The van der Waals surface area contributed by atoms with Gasteiger partial charge in [-0.3, -0.25) is 4.79 Å². The van der Waals surface area contributed by atoms with Crippen LogP contribution in [0.5, 0.6) is 0 Å². The van der Waals surface area contributed by atoms with Gasteiger partial charge in [-0.05, 0) is 66.2 Å². The fourth-order valence-corrected chi connectivity index (χ4v) is 3.49. The second kappa shape index (κ2) is 6.87. The van der Waals surface area contributed by atoms with E-state index in [4.69, 9.17) is 5.11 Å². The number of allylic oxidation sites excluding steroid dienone is 1. The molecule has 1 aliphatic carbocycles. The van der Waals surface area contributed by atoms with Gasteiger partial charge in [0.15, 0.2) is 5.78 Å². The second-order valence-electron chi connectivity index (χ2n) is 7.35. The molecule has 0 amide bonds. The van der Waals surface area contributed by atoms with E-state index in [0.29, 0.717) is 5.56 Å². The number of halogens is 1. The van der Waals surface area contributed by atoms with Crippen molar-refractivity contribution in [3.8, 4) is 0 Å². The quantitative estimate of drug-likeness (QED) is 0.620. The molecule has 0 spiro atoms. The molecule has 1 N–H and O–H groups in total. The van der Waals surface area contributed by atoms with Crippen LogP contribution in [0.4, 0.5) is 4.39 Å². The molecule has 134 valence electrons. The Kier molecular flexibility index (Phi) is 4.77. The molecule has 0 heterocycles. The van der Waals surface area contributed by atoms with Crippen molar-refractivity contribution >= 4 is 17.8 Å². The lowest BCUT2D eigenvalue weighted by atomic mass is 9.72. The predicted molar refractivity (Wildman–Crippen MR) is 99.1 cm³/mol. The Morgan fingerprint density at radius 3 is 2.54 bits per heavy atom. The number of aryl methyl sites for hydroxylation is 1. The van der Waals surface area contributed by atoms with Gasteiger partial charge in [0.05, 0.1) is 5.56 Å². The summed E-state index contributed by atoms with van der Waals surface area (Å²) in [6, 6.07) is 9.41. The molecule has 0 atom stereocenters. The normalized spacial score (nSPS) is 15.7. The predicted octanol–water partition coefficient (Wildman–Crippen LogP) is 5.03. The van der Waals surface area contributed by atoms with Gasteiger partial charge >= 0.3 is 5.97 Å². The van der Waals surface area contributed by atoms with E-state index in [1.165, 1.54) is 35.4 Å². The SMILES string of the molecule is CC1(C)CCCc2ccc(C(=O)C=Cc3ccc(C(=O)O)cc3F)cc21. The van der Waals surface area contributed by atoms with Crippen molar-refractivity contribution in [3.63, 3.8) is 0 Å². The first kappa shape index (κ1) is 18.1. The summed E-state index contributed by atoms with van der Waals surface area (Å²) in [5.41, 5.74) is 3.19. The van der Waals surface area contributed by atoms with Crippen LogP contribution in [0.25, 0.3) is 6.08 Å². The van der Waals surface area contributed by atoms with Gasteiger partial charge in [0, 0.05) is 11.1 Å². The van der Waals surface area contributed by atoms with Crippen LogP contribution in [0.3, 0.4) is 0 Å². The molecule has 0 fully saturated rings. The lowest BCUT2D eigenvalue weighted by Gasteiger charge is -2.32. The molecule has 1 aliphatic rings. The Morgan fingerprint density at radius 2 is 1.85 bits per heavy atom. The first-order chi connectivity index (χ1) is 12.3. The van der Waals surface area contributed by atoms with Crippen molar-refractivity contribution in [1.29, 1.82) is 0 Å². The first-order valence-corrected chi connectivity index (χ1v) is 8.66. The van der Waals surface area contributed by atoms with E-state index >= 15 is 0 Å². The Bertz CT molecular complexity index is 910. The Morgan fingerprint density at radius 1 is 1.12 bits per heavy atom. The molecule has 0 aromatic heterocycles. The van der Waals surface area contributed by atoms with Crippen LogP contribution in [0.15, 0.2) is 42.5 Å². The summed E-state index contributed by atoms with van der Waals surface area (Å²) in [5.74, 6) is -2.05. The van der Waals surface area contributed by atoms with Gasteiger partial charge < -0.3 is 5.11 Å². The Balaban J connectivity index is 1.85. The van der Waals surface area contributed by atoms with Crippen molar-refractivity contribution < 1.29 is 19.1 Å². The number of carboxylic acid groups (broad SMARTS) is 1. The first-order valence-electron chi connectivity index (χ1n) is 8.66. The highest BCUT2D eigenvalue weighted by atomic mass is 19.1. The standard InChI is InChI=1S/C22H21FO3/c1-22(2)11-3-4-14-5-7-16(12-18(14)22)20(24)10-9-15-6-8-17(21(25)26)13-19(15)23/h5-10,12-13H,3-4,11H2,1-2H3,(H,25,26). The number of carbonyl (C=O) groups is 2. The van der Waals surface area contributed by atoms with Crippen molar-refractivity contribution in [3.05, 3.63) is 76.1 Å². The van der Waals surface area contributed by atoms with E-state index in [-0.39, 0.29) is 22.3 Å². The highest BCUT2D eigenvalue weighted by molar-refractivity contribution is 6.07. The maximum Gasteiger partial charge on any atom is 0.335 e. The minimum atomic E-state index is -1.19. The monoisotopic (exact) mass is 352 g/mol. The van der Waals surface area contributed by atoms with Crippen LogP contribution in [-0.4, -0.2) is 16.9 Å². The molecule has 0 radical (unpaired) electrons. The third-order valence-electron chi connectivity index (χ3n) is 5.03. The maximum absolute atomic E-state index is 14.0. The molecule has 0 bridgehead atoms. The van der Waals surface area contributed by atoms with Gasteiger partial charge in [0.2, 0.25) is 0 Å². The average molecular weight is 352 g/mol. The van der Waals surface area contributed by atoms with E-state index in [0.717, 1.165) is 25.3 Å². The number of fused-ring (bicyclic) bond motifs is 1. The smallest absolute Gasteiger partial charge is 0.335 e. The van der Waals surface area contributed by atoms with Crippen LogP contribution >= 0.6 is 0 Å². The van der Waals surface area contributed by atoms with Gasteiger partial charge in [-0.1, -0.05) is 32.0 Å². The molecule has 0 unspecified atom stereocenters. The minimum absolute atomic E-state index is 0.0480. The lowest BCUT2D eigenvalue weighted by Crippen LogP contribution is -2.24. The zero-order chi connectivity index (χ0) is 18.9. The lowest BCUT2D eigenvalue weighted by molar-refractivity contribution is 0.0696. The maximum atomic E-state index is 14.0. The molecule has 0 saturated heterocycles. The van der Waals surface area contributed by atoms with Crippen LogP contribution in [0.2, 0.25) is 0 Å². The third kappa shape index (κ3) is 3.59. The number of ketones is 1. The van der Waals surface area contributed by atoms with Crippen molar-refractivity contribution in [2.75, 3.05) is 0 Å². The van der Waals surface area contributed by atoms with Gasteiger partial charge in [0.25, 0.3) is 0 Å². The van der Waals surface area contributed by atoms with Crippen molar-refractivity contribution in [2.45, 2.75) is 38.5 Å². The number of aromatic carboxylic acids is 1. The zero-order valence-electron chi connectivity index (χ0n) is 14.9. The number of hydrogen-bond acceptors (Lipinski definition) is 2. The molecule has 0 aliphatic heterocycles. The van der Waals surface area contributed by atoms with Crippen molar-refractivity contribution in [1.82, 2.24) is 0 Å². The summed E-state index contributed by atoms with van der Waals surface area (Å²) in [6.45, 7) is 4.38. The van der Waals surface area contributed by atoms with E-state index in [1.807, 2.05) is 18.2 Å². The van der Waals surface area contributed by atoms with Gasteiger partial charge in [0.1, 0.15) is 5.82 Å². The highest BCUT2D eigenvalue weighted by Crippen LogP contribution is 2.37. The summed E-state index contributed by atoms with van der Waals surface area (Å²) in [7, 11) is 0. The number of hydrogen-bond donors (Lipinski definition) is 1.